The van der Waals surface area contributed by atoms with Gasteiger partial charge in [-0.05, 0) is 43.9 Å². The number of hydrogen-bond donors (Lipinski definition) is 1. The van der Waals surface area contributed by atoms with Gasteiger partial charge in [-0.3, -0.25) is 14.3 Å². The second kappa shape index (κ2) is 6.84. The van der Waals surface area contributed by atoms with Crippen molar-refractivity contribution >= 4 is 10.9 Å². The van der Waals surface area contributed by atoms with Gasteiger partial charge in [0.1, 0.15) is 0 Å². The lowest BCUT2D eigenvalue weighted by molar-refractivity contribution is 0.226. The molecule has 0 saturated carbocycles. The molecule has 1 atom stereocenters. The van der Waals surface area contributed by atoms with E-state index in [1.54, 1.807) is 12.1 Å². The molecule has 2 aromatic rings. The van der Waals surface area contributed by atoms with Gasteiger partial charge < -0.3 is 4.98 Å². The van der Waals surface area contributed by atoms with Gasteiger partial charge in [0.05, 0.1) is 10.9 Å². The van der Waals surface area contributed by atoms with Crippen LogP contribution >= 0.6 is 0 Å². The van der Waals surface area contributed by atoms with E-state index in [4.69, 9.17) is 0 Å². The largest absolute Gasteiger partial charge is 0.328 e. The van der Waals surface area contributed by atoms with Crippen LogP contribution in [0.25, 0.3) is 10.9 Å². The van der Waals surface area contributed by atoms with Gasteiger partial charge in [0.15, 0.2) is 0 Å². The zero-order valence-electron chi connectivity index (χ0n) is 14.3. The molecule has 5 heteroatoms. The fourth-order valence-electron chi connectivity index (χ4n) is 3.93. The molecule has 130 valence electrons. The maximum absolute atomic E-state index is 12.5. The van der Waals surface area contributed by atoms with Gasteiger partial charge in [0.2, 0.25) is 0 Å². The number of benzene rings is 1. The van der Waals surface area contributed by atoms with Gasteiger partial charge >= 0.3 is 5.69 Å². The quantitative estimate of drug-likeness (QED) is 0.931. The Bertz CT molecular complexity index is 951. The monoisotopic (exact) mass is 337 g/mol. The molecule has 5 nitrogen and oxygen atoms in total. The summed E-state index contributed by atoms with van der Waals surface area (Å²) >= 11 is 0. The molecule has 1 fully saturated rings. The van der Waals surface area contributed by atoms with Crippen LogP contribution < -0.4 is 11.2 Å². The summed E-state index contributed by atoms with van der Waals surface area (Å²) < 4.78 is 1.33. The third-order valence-corrected chi connectivity index (χ3v) is 5.34. The van der Waals surface area contributed by atoms with Crippen LogP contribution in [0.2, 0.25) is 0 Å². The number of rotatable bonds is 4. The molecule has 1 unspecified atom stereocenters. The molecule has 2 heterocycles. The highest BCUT2D eigenvalue weighted by molar-refractivity contribution is 5.76. The van der Waals surface area contributed by atoms with E-state index in [2.05, 4.69) is 28.1 Å². The molecule has 0 bridgehead atoms. The predicted molar refractivity (Wildman–Crippen MR) is 99.8 cm³/mol. The minimum absolute atomic E-state index is 0.196. The standard InChI is InChI=1S/C20H23N3O2/c24-19-17-8-3-4-9-18(17)21-20(25)23(19)12-5-11-22-13-10-15-6-1-2-7-16(15)14-22/h1-4,7-9,15H,5-6,10-14H2,(H,21,25). The highest BCUT2D eigenvalue weighted by Gasteiger charge is 2.23. The molecule has 0 radical (unpaired) electrons. The predicted octanol–water partition coefficient (Wildman–Crippen LogP) is 2.29. The Hall–Kier alpha value is -2.40. The molecule has 1 aromatic heterocycles. The van der Waals surface area contributed by atoms with E-state index in [1.165, 1.54) is 23.0 Å². The van der Waals surface area contributed by atoms with Gasteiger partial charge in [0.25, 0.3) is 5.56 Å². The fraction of sp³-hybridized carbons (Fsp3) is 0.400. The first kappa shape index (κ1) is 16.1. The lowest BCUT2D eigenvalue weighted by atomic mass is 9.85. The summed E-state index contributed by atoms with van der Waals surface area (Å²) in [5.41, 5.74) is 1.61. The molecule has 25 heavy (non-hydrogen) atoms. The molecule has 4 rings (SSSR count). The van der Waals surface area contributed by atoms with Crippen molar-refractivity contribution in [1.82, 2.24) is 14.5 Å². The number of aromatic amines is 1. The SMILES string of the molecule is O=c1[nH]c2ccccc2c(=O)n1CCCN1CCC2CC=CC=C2C1. The number of H-pyrrole nitrogens is 1. The minimum atomic E-state index is -0.317. The van der Waals surface area contributed by atoms with Crippen LogP contribution in [0.5, 0.6) is 0 Å². The zero-order chi connectivity index (χ0) is 17.2. The van der Waals surface area contributed by atoms with Crippen LogP contribution in [-0.4, -0.2) is 34.1 Å². The van der Waals surface area contributed by atoms with Gasteiger partial charge in [0, 0.05) is 19.6 Å². The average Bonchev–Trinajstić information content (AvgIpc) is 2.64. The molecule has 0 amide bonds. The molecule has 0 spiro atoms. The van der Waals surface area contributed by atoms with Crippen LogP contribution in [0.1, 0.15) is 19.3 Å². The summed E-state index contributed by atoms with van der Waals surface area (Å²) in [6, 6.07) is 7.17. The zero-order valence-corrected chi connectivity index (χ0v) is 14.3. The van der Waals surface area contributed by atoms with Crippen molar-refractivity contribution in [2.75, 3.05) is 19.6 Å². The van der Waals surface area contributed by atoms with Crippen LogP contribution in [-0.2, 0) is 6.54 Å². The normalized spacial score (nSPS) is 20.5. The van der Waals surface area contributed by atoms with E-state index in [-0.39, 0.29) is 11.2 Å². The number of aromatic nitrogens is 2. The summed E-state index contributed by atoms with van der Waals surface area (Å²) in [6.45, 7) is 3.47. The third-order valence-electron chi connectivity index (χ3n) is 5.34. The van der Waals surface area contributed by atoms with Crippen LogP contribution in [0.15, 0.2) is 57.7 Å². The van der Waals surface area contributed by atoms with E-state index in [1.807, 2.05) is 12.1 Å². The van der Waals surface area contributed by atoms with E-state index < -0.39 is 0 Å². The summed E-state index contributed by atoms with van der Waals surface area (Å²) in [5, 5.41) is 0.571. The number of likely N-dealkylation sites (tertiary alicyclic amines) is 1. The fourth-order valence-corrected chi connectivity index (χ4v) is 3.93. The summed E-state index contributed by atoms with van der Waals surface area (Å²) in [5.74, 6) is 0.715. The first-order valence-corrected chi connectivity index (χ1v) is 9.02. The van der Waals surface area contributed by atoms with Crippen LogP contribution in [0, 0.1) is 5.92 Å². The lowest BCUT2D eigenvalue weighted by Gasteiger charge is -2.35. The van der Waals surface area contributed by atoms with Crippen molar-refractivity contribution in [1.29, 1.82) is 0 Å². The Balaban J connectivity index is 1.43. The van der Waals surface area contributed by atoms with Gasteiger partial charge in [-0.15, -0.1) is 0 Å². The second-order valence-electron chi connectivity index (χ2n) is 6.95. The number of hydrogen-bond acceptors (Lipinski definition) is 3. The van der Waals surface area contributed by atoms with E-state index in [0.717, 1.165) is 26.1 Å². The Kier molecular flexibility index (Phi) is 4.40. The Labute approximate surface area is 146 Å². The lowest BCUT2D eigenvalue weighted by Crippen LogP contribution is -2.39. The van der Waals surface area contributed by atoms with Crippen molar-refractivity contribution in [3.63, 3.8) is 0 Å². The van der Waals surface area contributed by atoms with Crippen LogP contribution in [0.4, 0.5) is 0 Å². The molecule has 1 saturated heterocycles. The number of fused-ring (bicyclic) bond motifs is 2. The Morgan fingerprint density at radius 1 is 1.16 bits per heavy atom. The Morgan fingerprint density at radius 3 is 2.96 bits per heavy atom. The third kappa shape index (κ3) is 3.24. The maximum Gasteiger partial charge on any atom is 0.328 e. The molecular weight excluding hydrogens is 314 g/mol. The second-order valence-corrected chi connectivity index (χ2v) is 6.95. The molecule has 1 aliphatic carbocycles. The van der Waals surface area contributed by atoms with E-state index in [9.17, 15) is 9.59 Å². The maximum atomic E-state index is 12.5. The van der Waals surface area contributed by atoms with Gasteiger partial charge in [-0.2, -0.15) is 0 Å². The number of para-hydroxylation sites is 1. The van der Waals surface area contributed by atoms with Crippen molar-refractivity contribution < 1.29 is 0 Å². The van der Waals surface area contributed by atoms with E-state index >= 15 is 0 Å². The van der Waals surface area contributed by atoms with Gasteiger partial charge in [-0.1, -0.05) is 35.9 Å². The highest BCUT2D eigenvalue weighted by Crippen LogP contribution is 2.28. The summed E-state index contributed by atoms with van der Waals surface area (Å²) in [6.07, 6.45) is 9.83. The van der Waals surface area contributed by atoms with Gasteiger partial charge in [-0.25, -0.2) is 4.79 Å². The number of nitrogens with one attached hydrogen (secondary N) is 1. The number of nitrogens with zero attached hydrogens (tertiary/aromatic N) is 2. The minimum Gasteiger partial charge on any atom is -0.307 e. The molecule has 1 aliphatic heterocycles. The number of allylic oxidation sites excluding steroid dienone is 3. The van der Waals surface area contributed by atoms with Crippen LogP contribution in [0.3, 0.4) is 0 Å². The highest BCUT2D eigenvalue weighted by atomic mass is 16.2. The smallest absolute Gasteiger partial charge is 0.307 e. The number of piperidine rings is 1. The molecule has 1 aromatic carbocycles. The molecule has 2 aliphatic rings. The summed E-state index contributed by atoms with van der Waals surface area (Å²) in [7, 11) is 0. The topological polar surface area (TPSA) is 58.1 Å². The first-order chi connectivity index (χ1) is 12.2. The average molecular weight is 337 g/mol. The summed E-state index contributed by atoms with van der Waals surface area (Å²) in [4.78, 5) is 30.0. The Morgan fingerprint density at radius 2 is 2.04 bits per heavy atom. The first-order valence-electron chi connectivity index (χ1n) is 9.02. The van der Waals surface area contributed by atoms with Crippen molar-refractivity contribution in [2.24, 2.45) is 5.92 Å². The van der Waals surface area contributed by atoms with E-state index in [0.29, 0.717) is 23.4 Å². The molecule has 1 N–H and O–H groups in total. The van der Waals surface area contributed by atoms with Crippen molar-refractivity contribution in [3.05, 3.63) is 68.9 Å². The molecular formula is C20H23N3O2. The van der Waals surface area contributed by atoms with Crippen molar-refractivity contribution in [2.45, 2.75) is 25.8 Å². The van der Waals surface area contributed by atoms with Crippen molar-refractivity contribution in [3.8, 4) is 0 Å².